The molecule has 1 N–H and O–H groups in total. The van der Waals surface area contributed by atoms with Gasteiger partial charge in [0.15, 0.2) is 5.84 Å². The monoisotopic (exact) mass is 469 g/mol. The number of amides is 1. The van der Waals surface area contributed by atoms with Gasteiger partial charge in [-0.3, -0.25) is 10.2 Å². The molecule has 0 spiro atoms. The van der Waals surface area contributed by atoms with E-state index in [4.69, 9.17) is 5.41 Å². The molecule has 2 aromatic rings. The summed E-state index contributed by atoms with van der Waals surface area (Å²) < 4.78 is 27.1. The number of carbonyl (C=O) groups is 1. The average Bonchev–Trinajstić information content (AvgIpc) is 3.26. The summed E-state index contributed by atoms with van der Waals surface area (Å²) >= 11 is 0.811. The largest absolute Gasteiger partial charge is 0.318 e. The molecule has 4 rings (SSSR count). The van der Waals surface area contributed by atoms with Gasteiger partial charge in [-0.25, -0.2) is 8.42 Å². The molecule has 0 atom stereocenters. The van der Waals surface area contributed by atoms with Crippen molar-refractivity contribution in [3.8, 4) is 5.69 Å². The Labute approximate surface area is 191 Å². The van der Waals surface area contributed by atoms with Gasteiger partial charge < -0.3 is 4.57 Å². The van der Waals surface area contributed by atoms with Gasteiger partial charge in [0.05, 0.1) is 11.3 Å². The van der Waals surface area contributed by atoms with Crippen LogP contribution >= 0.6 is 11.8 Å². The van der Waals surface area contributed by atoms with Crippen molar-refractivity contribution in [2.24, 2.45) is 16.0 Å². The van der Waals surface area contributed by atoms with Gasteiger partial charge in [-0.05, 0) is 61.4 Å². The number of amidine groups is 2. The molecular formula is C22H23N5O3S2. The maximum Gasteiger partial charge on any atom is 0.283 e. The smallest absolute Gasteiger partial charge is 0.283 e. The zero-order valence-corrected chi connectivity index (χ0v) is 19.8. The molecule has 0 saturated heterocycles. The van der Waals surface area contributed by atoms with E-state index in [-0.39, 0.29) is 32.6 Å². The molecular weight excluding hydrogens is 446 g/mol. The van der Waals surface area contributed by atoms with Crippen LogP contribution in [0.4, 0.5) is 0 Å². The maximum atomic E-state index is 12.7. The normalized spacial score (nSPS) is 17.8. The summed E-state index contributed by atoms with van der Waals surface area (Å²) in [5.74, 6) is -0.905. The van der Waals surface area contributed by atoms with E-state index < -0.39 is 15.7 Å². The van der Waals surface area contributed by atoms with Crippen LogP contribution < -0.4 is 0 Å². The van der Waals surface area contributed by atoms with Gasteiger partial charge >= 0.3 is 0 Å². The molecule has 10 heteroatoms. The number of para-hydroxylation sites is 1. The van der Waals surface area contributed by atoms with Gasteiger partial charge in [-0.2, -0.15) is 10.0 Å². The lowest BCUT2D eigenvalue weighted by atomic mass is 10.1. The van der Waals surface area contributed by atoms with E-state index in [2.05, 4.69) is 14.7 Å². The number of fused-ring (bicyclic) bond motifs is 1. The highest BCUT2D eigenvalue weighted by molar-refractivity contribution is 8.42. The van der Waals surface area contributed by atoms with Gasteiger partial charge in [-0.15, -0.1) is 5.10 Å². The number of benzene rings is 1. The van der Waals surface area contributed by atoms with E-state index in [9.17, 15) is 13.2 Å². The number of thioether (sulfide) groups is 1. The summed E-state index contributed by atoms with van der Waals surface area (Å²) in [6, 6.07) is 11.8. The minimum atomic E-state index is -3.61. The van der Waals surface area contributed by atoms with E-state index >= 15 is 0 Å². The van der Waals surface area contributed by atoms with Crippen molar-refractivity contribution in [1.82, 2.24) is 9.58 Å². The third-order valence-electron chi connectivity index (χ3n) is 5.04. The molecule has 0 bridgehead atoms. The molecule has 0 saturated carbocycles. The molecule has 3 heterocycles. The third-order valence-corrected chi connectivity index (χ3v) is 8.47. The van der Waals surface area contributed by atoms with Crippen LogP contribution in [0.3, 0.4) is 0 Å². The lowest BCUT2D eigenvalue weighted by Crippen LogP contribution is -2.35. The number of sulfone groups is 1. The number of nitrogens with zero attached hydrogens (tertiary/aromatic N) is 4. The molecule has 1 aromatic carbocycles. The van der Waals surface area contributed by atoms with E-state index in [0.29, 0.717) is 0 Å². The van der Waals surface area contributed by atoms with Crippen molar-refractivity contribution >= 4 is 49.0 Å². The molecule has 166 valence electrons. The topological polar surface area (TPSA) is 108 Å². The van der Waals surface area contributed by atoms with Crippen LogP contribution in [-0.4, -0.2) is 45.0 Å². The van der Waals surface area contributed by atoms with Crippen LogP contribution in [-0.2, 0) is 14.6 Å². The first-order valence-corrected chi connectivity index (χ1v) is 12.5. The van der Waals surface area contributed by atoms with Gasteiger partial charge in [0.1, 0.15) is 0 Å². The number of nitrogens with one attached hydrogen (secondary N) is 1. The fourth-order valence-electron chi connectivity index (χ4n) is 3.67. The van der Waals surface area contributed by atoms with Gasteiger partial charge in [0, 0.05) is 17.1 Å². The maximum absolute atomic E-state index is 12.7. The Hall–Kier alpha value is -2.98. The lowest BCUT2D eigenvalue weighted by Gasteiger charge is -2.20. The summed E-state index contributed by atoms with van der Waals surface area (Å²) in [7, 11) is -3.61. The minimum Gasteiger partial charge on any atom is -0.318 e. The number of aromatic nitrogens is 1. The first-order chi connectivity index (χ1) is 15.1. The Morgan fingerprint density at radius 1 is 1.19 bits per heavy atom. The van der Waals surface area contributed by atoms with Crippen molar-refractivity contribution in [2.75, 3.05) is 5.75 Å². The molecule has 2 aliphatic rings. The summed E-state index contributed by atoms with van der Waals surface area (Å²) in [6.45, 7) is 7.53. The van der Waals surface area contributed by atoms with Crippen LogP contribution in [0.25, 0.3) is 11.8 Å². The average molecular weight is 470 g/mol. The van der Waals surface area contributed by atoms with Gasteiger partial charge in [-0.1, -0.05) is 32.0 Å². The third kappa shape index (κ3) is 3.95. The molecule has 32 heavy (non-hydrogen) atoms. The van der Waals surface area contributed by atoms with Crippen LogP contribution in [0.15, 0.2) is 52.1 Å². The lowest BCUT2D eigenvalue weighted by molar-refractivity contribution is -0.114. The number of hydrazone groups is 1. The number of rotatable bonds is 4. The van der Waals surface area contributed by atoms with Crippen LogP contribution in [0.5, 0.6) is 0 Å². The van der Waals surface area contributed by atoms with E-state index in [0.717, 1.165) is 39.4 Å². The molecule has 2 aliphatic heterocycles. The number of aryl methyl sites for hydroxylation is 1. The molecule has 0 radical (unpaired) electrons. The number of carbonyl (C=O) groups excluding carboxylic acids is 1. The Balaban J connectivity index is 1.71. The second kappa shape index (κ2) is 8.18. The van der Waals surface area contributed by atoms with Crippen molar-refractivity contribution < 1.29 is 13.2 Å². The highest BCUT2D eigenvalue weighted by atomic mass is 32.3. The predicted molar refractivity (Wildman–Crippen MR) is 129 cm³/mol. The second-order valence-electron chi connectivity index (χ2n) is 8.06. The summed E-state index contributed by atoms with van der Waals surface area (Å²) in [6.07, 6.45) is 1.62. The van der Waals surface area contributed by atoms with Crippen molar-refractivity contribution in [2.45, 2.75) is 27.7 Å². The Kier molecular flexibility index (Phi) is 5.68. The number of hydrogen-bond acceptors (Lipinski definition) is 6. The van der Waals surface area contributed by atoms with Crippen LogP contribution in [0.2, 0.25) is 0 Å². The van der Waals surface area contributed by atoms with Gasteiger partial charge in [0.2, 0.25) is 19.4 Å². The standard InChI is InChI=1S/C22H23N5O3S2/c1-13(2)12-32(29,30)22-25-27-19(23)18(20(28)24-21(27)31-22)11-16-10-14(3)26(15(16)4)17-8-6-5-7-9-17/h5-11,13,23H,12H2,1-4H3/b18-11+,23-19?. The first-order valence-electron chi connectivity index (χ1n) is 10.1. The molecule has 0 fully saturated rings. The van der Waals surface area contributed by atoms with Crippen molar-refractivity contribution in [1.29, 1.82) is 5.41 Å². The Morgan fingerprint density at radius 2 is 1.88 bits per heavy atom. The van der Waals surface area contributed by atoms with E-state index in [1.54, 1.807) is 19.9 Å². The molecule has 1 aromatic heterocycles. The van der Waals surface area contributed by atoms with E-state index in [1.807, 2.05) is 50.2 Å². The fraction of sp³-hybridized carbons (Fsp3) is 0.273. The summed E-state index contributed by atoms with van der Waals surface area (Å²) in [5, 5.41) is 13.8. The fourth-order valence-corrected chi connectivity index (χ4v) is 6.46. The highest BCUT2D eigenvalue weighted by Gasteiger charge is 2.39. The molecule has 0 unspecified atom stereocenters. The number of aliphatic imine (C=N–C) groups is 1. The highest BCUT2D eigenvalue weighted by Crippen LogP contribution is 2.32. The molecule has 8 nitrogen and oxygen atoms in total. The van der Waals surface area contributed by atoms with Crippen molar-refractivity contribution in [3.05, 3.63) is 58.9 Å². The Morgan fingerprint density at radius 3 is 2.53 bits per heavy atom. The zero-order valence-electron chi connectivity index (χ0n) is 18.2. The second-order valence-corrected chi connectivity index (χ2v) is 11.2. The summed E-state index contributed by atoms with van der Waals surface area (Å²) in [4.78, 5) is 16.7. The predicted octanol–water partition coefficient (Wildman–Crippen LogP) is 3.74. The van der Waals surface area contributed by atoms with E-state index in [1.165, 1.54) is 0 Å². The zero-order chi connectivity index (χ0) is 23.2. The quantitative estimate of drug-likeness (QED) is 0.686. The molecule has 1 amide bonds. The Bertz CT molecular complexity index is 1320. The van der Waals surface area contributed by atoms with Crippen LogP contribution in [0, 0.1) is 25.2 Å². The number of hydrogen-bond donors (Lipinski definition) is 1. The summed E-state index contributed by atoms with van der Waals surface area (Å²) in [5.41, 5.74) is 3.74. The molecule has 0 aliphatic carbocycles. The SMILES string of the molecule is Cc1cc(/C=C2\C(=N)N3N=C(S(=O)(=O)CC(C)C)SC3=NC2=O)c(C)n1-c1ccccc1. The van der Waals surface area contributed by atoms with Crippen molar-refractivity contribution in [3.63, 3.8) is 0 Å². The van der Waals surface area contributed by atoms with Gasteiger partial charge in [0.25, 0.3) is 5.91 Å². The first kappa shape index (κ1) is 22.2. The van der Waals surface area contributed by atoms with Crippen LogP contribution in [0.1, 0.15) is 30.8 Å². The minimum absolute atomic E-state index is 0.0601.